The quantitative estimate of drug-likeness (QED) is 0.788. The number of carboxylic acids is 1. The molecule has 1 rings (SSSR count). The Morgan fingerprint density at radius 2 is 2.18 bits per heavy atom. The monoisotopic (exact) mass is 234 g/mol. The van der Waals surface area contributed by atoms with Crippen molar-refractivity contribution in [1.82, 2.24) is 0 Å². The van der Waals surface area contributed by atoms with E-state index in [9.17, 15) is 9.90 Å². The van der Waals surface area contributed by atoms with E-state index in [1.807, 2.05) is 0 Å². The van der Waals surface area contributed by atoms with Crippen molar-refractivity contribution in [3.05, 3.63) is 29.8 Å². The van der Waals surface area contributed by atoms with Crippen LogP contribution < -0.4 is 4.90 Å². The van der Waals surface area contributed by atoms with E-state index < -0.39 is 12.1 Å². The summed E-state index contributed by atoms with van der Waals surface area (Å²) < 4.78 is 0. The SMILES string of the molecule is CN(CC(O)CC(=O)O)c1ccccc1C#N. The van der Waals surface area contributed by atoms with Gasteiger partial charge in [0.25, 0.3) is 0 Å². The molecule has 0 aliphatic heterocycles. The van der Waals surface area contributed by atoms with Crippen molar-refractivity contribution in [2.24, 2.45) is 0 Å². The molecule has 5 nitrogen and oxygen atoms in total. The summed E-state index contributed by atoms with van der Waals surface area (Å²) in [5.74, 6) is -1.04. The van der Waals surface area contributed by atoms with Crippen molar-refractivity contribution >= 4 is 11.7 Å². The van der Waals surface area contributed by atoms with Crippen LogP contribution >= 0.6 is 0 Å². The van der Waals surface area contributed by atoms with E-state index in [2.05, 4.69) is 6.07 Å². The van der Waals surface area contributed by atoms with Crippen molar-refractivity contribution in [2.75, 3.05) is 18.5 Å². The van der Waals surface area contributed by atoms with Gasteiger partial charge in [0.1, 0.15) is 6.07 Å². The number of carboxylic acid groups (broad SMARTS) is 1. The number of hydrogen-bond donors (Lipinski definition) is 2. The van der Waals surface area contributed by atoms with Crippen molar-refractivity contribution in [2.45, 2.75) is 12.5 Å². The molecule has 0 aromatic heterocycles. The van der Waals surface area contributed by atoms with Crippen LogP contribution in [0, 0.1) is 11.3 Å². The van der Waals surface area contributed by atoms with Gasteiger partial charge in [0.2, 0.25) is 0 Å². The molecular weight excluding hydrogens is 220 g/mol. The molecule has 90 valence electrons. The Labute approximate surface area is 99.5 Å². The van der Waals surface area contributed by atoms with Crippen molar-refractivity contribution in [1.29, 1.82) is 5.26 Å². The minimum Gasteiger partial charge on any atom is -0.481 e. The van der Waals surface area contributed by atoms with E-state index in [1.54, 1.807) is 36.2 Å². The third kappa shape index (κ3) is 3.78. The zero-order valence-electron chi connectivity index (χ0n) is 9.50. The fraction of sp³-hybridized carbons (Fsp3) is 0.333. The average molecular weight is 234 g/mol. The highest BCUT2D eigenvalue weighted by molar-refractivity contribution is 5.67. The molecule has 0 amide bonds. The molecule has 0 radical (unpaired) electrons. The Hall–Kier alpha value is -2.06. The topological polar surface area (TPSA) is 84.6 Å². The molecule has 0 bridgehead atoms. The molecule has 0 saturated heterocycles. The minimum absolute atomic E-state index is 0.172. The largest absolute Gasteiger partial charge is 0.481 e. The minimum atomic E-state index is -1.04. The summed E-state index contributed by atoms with van der Waals surface area (Å²) in [6.45, 7) is 0.172. The maximum atomic E-state index is 10.4. The average Bonchev–Trinajstić information content (AvgIpc) is 2.27. The Balaban J connectivity index is 2.73. The predicted molar refractivity (Wildman–Crippen MR) is 62.7 cm³/mol. The molecule has 1 aromatic rings. The predicted octanol–water partition coefficient (Wildman–Crippen LogP) is 0.830. The normalized spacial score (nSPS) is 11.6. The van der Waals surface area contributed by atoms with Crippen molar-refractivity contribution < 1.29 is 15.0 Å². The van der Waals surface area contributed by atoms with Crippen LogP contribution in [0.5, 0.6) is 0 Å². The van der Waals surface area contributed by atoms with Gasteiger partial charge in [-0.2, -0.15) is 5.26 Å². The number of hydrogen-bond acceptors (Lipinski definition) is 4. The highest BCUT2D eigenvalue weighted by atomic mass is 16.4. The number of carbonyl (C=O) groups is 1. The Morgan fingerprint density at radius 1 is 1.53 bits per heavy atom. The highest BCUT2D eigenvalue weighted by Gasteiger charge is 2.14. The summed E-state index contributed by atoms with van der Waals surface area (Å²) in [5.41, 5.74) is 1.18. The van der Waals surface area contributed by atoms with E-state index in [0.29, 0.717) is 11.3 Å². The molecule has 0 saturated carbocycles. The standard InChI is InChI=1S/C12H14N2O3/c1-14(8-10(15)6-12(16)17)11-5-3-2-4-9(11)7-13/h2-5,10,15H,6,8H2,1H3,(H,16,17). The van der Waals surface area contributed by atoms with Crippen LogP contribution in [0.15, 0.2) is 24.3 Å². The van der Waals surface area contributed by atoms with Gasteiger partial charge in [-0.05, 0) is 12.1 Å². The van der Waals surface area contributed by atoms with Gasteiger partial charge in [-0.3, -0.25) is 4.79 Å². The van der Waals surface area contributed by atoms with Crippen LogP contribution in [0.4, 0.5) is 5.69 Å². The van der Waals surface area contributed by atoms with Crippen LogP contribution in [-0.4, -0.2) is 35.9 Å². The lowest BCUT2D eigenvalue weighted by Gasteiger charge is -2.22. The maximum Gasteiger partial charge on any atom is 0.306 e. The van der Waals surface area contributed by atoms with Gasteiger partial charge in [0, 0.05) is 13.6 Å². The number of nitriles is 1. The molecule has 2 N–H and O–H groups in total. The number of aliphatic hydroxyl groups is 1. The number of para-hydroxylation sites is 1. The fourth-order valence-electron chi connectivity index (χ4n) is 1.58. The van der Waals surface area contributed by atoms with Gasteiger partial charge in [0.15, 0.2) is 0 Å². The molecule has 1 aromatic carbocycles. The van der Waals surface area contributed by atoms with Gasteiger partial charge >= 0.3 is 5.97 Å². The summed E-state index contributed by atoms with van der Waals surface area (Å²) in [4.78, 5) is 12.1. The lowest BCUT2D eigenvalue weighted by Crippen LogP contribution is -2.31. The number of benzene rings is 1. The van der Waals surface area contributed by atoms with Gasteiger partial charge in [0.05, 0.1) is 23.8 Å². The molecule has 1 atom stereocenters. The zero-order valence-corrected chi connectivity index (χ0v) is 9.50. The molecule has 0 heterocycles. The lowest BCUT2D eigenvalue weighted by atomic mass is 10.1. The lowest BCUT2D eigenvalue weighted by molar-refractivity contribution is -0.139. The molecular formula is C12H14N2O3. The van der Waals surface area contributed by atoms with Gasteiger partial charge in [-0.25, -0.2) is 0 Å². The van der Waals surface area contributed by atoms with Crippen LogP contribution in [0.25, 0.3) is 0 Å². The highest BCUT2D eigenvalue weighted by Crippen LogP contribution is 2.18. The molecule has 0 aliphatic rings. The van der Waals surface area contributed by atoms with Crippen molar-refractivity contribution in [3.8, 4) is 6.07 Å². The first kappa shape index (κ1) is 13.0. The first-order chi connectivity index (χ1) is 8.04. The van der Waals surface area contributed by atoms with E-state index in [4.69, 9.17) is 10.4 Å². The summed E-state index contributed by atoms with van der Waals surface area (Å²) in [6, 6.07) is 9.02. The number of rotatable bonds is 5. The number of aliphatic hydroxyl groups excluding tert-OH is 1. The van der Waals surface area contributed by atoms with Gasteiger partial charge in [-0.1, -0.05) is 12.1 Å². The molecule has 17 heavy (non-hydrogen) atoms. The third-order valence-corrected chi connectivity index (χ3v) is 2.33. The second-order valence-electron chi connectivity index (χ2n) is 3.76. The number of nitrogens with zero attached hydrogens (tertiary/aromatic N) is 2. The number of anilines is 1. The summed E-state index contributed by atoms with van der Waals surface area (Å²) in [6.07, 6.45) is -1.26. The van der Waals surface area contributed by atoms with Crippen LogP contribution in [0.3, 0.4) is 0 Å². The molecule has 1 unspecified atom stereocenters. The summed E-state index contributed by atoms with van der Waals surface area (Å²) >= 11 is 0. The van der Waals surface area contributed by atoms with Crippen molar-refractivity contribution in [3.63, 3.8) is 0 Å². The molecule has 0 aliphatic carbocycles. The van der Waals surface area contributed by atoms with E-state index in [1.165, 1.54) is 0 Å². The van der Waals surface area contributed by atoms with E-state index >= 15 is 0 Å². The Morgan fingerprint density at radius 3 is 2.76 bits per heavy atom. The first-order valence-corrected chi connectivity index (χ1v) is 5.14. The smallest absolute Gasteiger partial charge is 0.306 e. The van der Waals surface area contributed by atoms with E-state index in [-0.39, 0.29) is 13.0 Å². The number of aliphatic carboxylic acids is 1. The Bertz CT molecular complexity index is 440. The third-order valence-electron chi connectivity index (χ3n) is 2.33. The second-order valence-corrected chi connectivity index (χ2v) is 3.76. The first-order valence-electron chi connectivity index (χ1n) is 5.14. The van der Waals surface area contributed by atoms with E-state index in [0.717, 1.165) is 0 Å². The maximum absolute atomic E-state index is 10.4. The van der Waals surface area contributed by atoms with Crippen LogP contribution in [-0.2, 0) is 4.79 Å². The Kier molecular flexibility index (Phi) is 4.49. The van der Waals surface area contributed by atoms with Crippen LogP contribution in [0.1, 0.15) is 12.0 Å². The fourth-order valence-corrected chi connectivity index (χ4v) is 1.58. The summed E-state index contributed by atoms with van der Waals surface area (Å²) in [5, 5.41) is 27.0. The van der Waals surface area contributed by atoms with Gasteiger partial charge < -0.3 is 15.1 Å². The zero-order chi connectivity index (χ0) is 12.8. The molecule has 0 fully saturated rings. The molecule has 0 spiro atoms. The second kappa shape index (κ2) is 5.87. The summed E-state index contributed by atoms with van der Waals surface area (Å²) in [7, 11) is 1.71. The van der Waals surface area contributed by atoms with Gasteiger partial charge in [-0.15, -0.1) is 0 Å². The van der Waals surface area contributed by atoms with Crippen LogP contribution in [0.2, 0.25) is 0 Å². The molecule has 5 heteroatoms. The number of likely N-dealkylation sites (N-methyl/N-ethyl adjacent to an activating group) is 1.